The van der Waals surface area contributed by atoms with Gasteiger partial charge >= 0.3 is 0 Å². The van der Waals surface area contributed by atoms with Gasteiger partial charge in [0.1, 0.15) is 5.69 Å². The quantitative estimate of drug-likeness (QED) is 0.865. The molecule has 1 aliphatic heterocycles. The first kappa shape index (κ1) is 14.1. The zero-order chi connectivity index (χ0) is 13.8. The first-order chi connectivity index (χ1) is 9.10. The molecule has 0 radical (unpaired) electrons. The van der Waals surface area contributed by atoms with E-state index in [2.05, 4.69) is 24.0 Å². The molecule has 0 aromatic carbocycles. The Morgan fingerprint density at radius 1 is 1.63 bits per heavy atom. The predicted octanol–water partition coefficient (Wildman–Crippen LogP) is 1.45. The number of piperidine rings is 1. The summed E-state index contributed by atoms with van der Waals surface area (Å²) in [7, 11) is 0. The fourth-order valence-electron chi connectivity index (χ4n) is 2.58. The van der Waals surface area contributed by atoms with Crippen molar-refractivity contribution in [2.45, 2.75) is 33.1 Å². The fourth-order valence-corrected chi connectivity index (χ4v) is 2.58. The summed E-state index contributed by atoms with van der Waals surface area (Å²) in [4.78, 5) is 14.1. The molecule has 2 rings (SSSR count). The van der Waals surface area contributed by atoms with Crippen LogP contribution in [0, 0.1) is 11.8 Å². The van der Waals surface area contributed by atoms with Gasteiger partial charge in [-0.3, -0.25) is 9.89 Å². The summed E-state index contributed by atoms with van der Waals surface area (Å²) in [6, 6.07) is 1.85. The number of aromatic nitrogens is 2. The summed E-state index contributed by atoms with van der Waals surface area (Å²) in [6.45, 7) is 5.84. The minimum atomic E-state index is -0.0237. The first-order valence-corrected chi connectivity index (χ1v) is 7.04. The zero-order valence-electron chi connectivity index (χ0n) is 11.7. The van der Waals surface area contributed by atoms with Crippen molar-refractivity contribution in [2.24, 2.45) is 11.8 Å². The maximum atomic E-state index is 12.3. The third-order valence-electron chi connectivity index (χ3n) is 3.54. The van der Waals surface area contributed by atoms with E-state index in [1.54, 1.807) is 4.90 Å². The maximum Gasteiger partial charge on any atom is 0.274 e. The van der Waals surface area contributed by atoms with Crippen molar-refractivity contribution in [1.29, 1.82) is 0 Å². The van der Waals surface area contributed by atoms with Crippen molar-refractivity contribution in [3.05, 3.63) is 17.5 Å². The topological polar surface area (TPSA) is 69.2 Å². The van der Waals surface area contributed by atoms with Crippen LogP contribution in [0.15, 0.2) is 6.07 Å². The Balaban J connectivity index is 2.00. The van der Waals surface area contributed by atoms with Crippen LogP contribution in [0.2, 0.25) is 0 Å². The summed E-state index contributed by atoms with van der Waals surface area (Å²) in [5.74, 6) is 0.730. The normalized spacial score (nSPS) is 20.0. The highest BCUT2D eigenvalue weighted by Crippen LogP contribution is 2.18. The van der Waals surface area contributed by atoms with Gasteiger partial charge in [0.05, 0.1) is 0 Å². The number of aliphatic hydroxyl groups is 1. The van der Waals surface area contributed by atoms with Crippen molar-refractivity contribution in [3.8, 4) is 0 Å². The van der Waals surface area contributed by atoms with E-state index in [9.17, 15) is 9.90 Å². The lowest BCUT2D eigenvalue weighted by Gasteiger charge is -2.31. The number of aromatic amines is 1. The third-order valence-corrected chi connectivity index (χ3v) is 3.54. The summed E-state index contributed by atoms with van der Waals surface area (Å²) in [5, 5.41) is 16.3. The maximum absolute atomic E-state index is 12.3. The van der Waals surface area contributed by atoms with Gasteiger partial charge < -0.3 is 10.0 Å². The number of nitrogens with one attached hydrogen (secondary N) is 1. The van der Waals surface area contributed by atoms with E-state index in [-0.39, 0.29) is 18.4 Å². The smallest absolute Gasteiger partial charge is 0.274 e. The van der Waals surface area contributed by atoms with Gasteiger partial charge in [-0.15, -0.1) is 0 Å². The summed E-state index contributed by atoms with van der Waals surface area (Å²) < 4.78 is 0. The van der Waals surface area contributed by atoms with Crippen LogP contribution < -0.4 is 0 Å². The Morgan fingerprint density at radius 3 is 3.11 bits per heavy atom. The lowest BCUT2D eigenvalue weighted by molar-refractivity contribution is 0.0615. The molecular formula is C14H23N3O2. The van der Waals surface area contributed by atoms with Gasteiger partial charge in [-0.25, -0.2) is 0 Å². The van der Waals surface area contributed by atoms with Gasteiger partial charge in [0, 0.05) is 25.4 Å². The van der Waals surface area contributed by atoms with Gasteiger partial charge in [-0.1, -0.05) is 13.8 Å². The van der Waals surface area contributed by atoms with Crippen LogP contribution >= 0.6 is 0 Å². The first-order valence-electron chi connectivity index (χ1n) is 7.04. The molecule has 1 unspecified atom stereocenters. The number of H-pyrrole nitrogens is 1. The van der Waals surface area contributed by atoms with Gasteiger partial charge in [-0.2, -0.15) is 5.10 Å². The third kappa shape index (κ3) is 3.56. The molecule has 0 bridgehead atoms. The van der Waals surface area contributed by atoms with Crippen LogP contribution in [-0.4, -0.2) is 45.8 Å². The average molecular weight is 265 g/mol. The molecule has 19 heavy (non-hydrogen) atoms. The highest BCUT2D eigenvalue weighted by atomic mass is 16.3. The fraction of sp³-hybridized carbons (Fsp3) is 0.714. The molecule has 1 fully saturated rings. The number of aliphatic hydroxyl groups excluding tert-OH is 1. The van der Waals surface area contributed by atoms with Crippen LogP contribution in [0.25, 0.3) is 0 Å². The molecule has 1 aliphatic rings. The van der Waals surface area contributed by atoms with Crippen molar-refractivity contribution in [1.82, 2.24) is 15.1 Å². The van der Waals surface area contributed by atoms with Crippen LogP contribution in [0.5, 0.6) is 0 Å². The summed E-state index contributed by atoms with van der Waals surface area (Å²) in [6.07, 6.45) is 2.86. The average Bonchev–Trinajstić information content (AvgIpc) is 2.85. The Labute approximate surface area is 114 Å². The zero-order valence-corrected chi connectivity index (χ0v) is 11.7. The predicted molar refractivity (Wildman–Crippen MR) is 72.8 cm³/mol. The number of hydrogen-bond acceptors (Lipinski definition) is 3. The second-order valence-electron chi connectivity index (χ2n) is 5.82. The second kappa shape index (κ2) is 6.19. The lowest BCUT2D eigenvalue weighted by atomic mass is 9.99. The van der Waals surface area contributed by atoms with Crippen molar-refractivity contribution in [2.75, 3.05) is 19.7 Å². The van der Waals surface area contributed by atoms with Gasteiger partial charge in [0.15, 0.2) is 0 Å². The van der Waals surface area contributed by atoms with Gasteiger partial charge in [-0.05, 0) is 37.2 Å². The molecule has 1 atom stereocenters. The minimum absolute atomic E-state index is 0.0237. The van der Waals surface area contributed by atoms with Crippen molar-refractivity contribution >= 4 is 5.91 Å². The van der Waals surface area contributed by atoms with Gasteiger partial charge in [0.2, 0.25) is 0 Å². The largest absolute Gasteiger partial charge is 0.396 e. The Bertz CT molecular complexity index is 428. The van der Waals surface area contributed by atoms with Crippen molar-refractivity contribution in [3.63, 3.8) is 0 Å². The highest BCUT2D eigenvalue weighted by Gasteiger charge is 2.25. The lowest BCUT2D eigenvalue weighted by Crippen LogP contribution is -2.41. The second-order valence-corrected chi connectivity index (χ2v) is 5.82. The molecule has 0 aliphatic carbocycles. The Hall–Kier alpha value is -1.36. The molecular weight excluding hydrogens is 242 g/mol. The monoisotopic (exact) mass is 265 g/mol. The van der Waals surface area contributed by atoms with E-state index in [0.29, 0.717) is 18.2 Å². The van der Waals surface area contributed by atoms with E-state index in [1.165, 1.54) is 0 Å². The van der Waals surface area contributed by atoms with Gasteiger partial charge in [0.25, 0.3) is 5.91 Å². The van der Waals surface area contributed by atoms with Crippen molar-refractivity contribution < 1.29 is 9.90 Å². The molecule has 1 amide bonds. The number of carbonyl (C=O) groups excluding carboxylic acids is 1. The molecule has 1 saturated heterocycles. The van der Waals surface area contributed by atoms with E-state index in [0.717, 1.165) is 31.5 Å². The summed E-state index contributed by atoms with van der Waals surface area (Å²) in [5.41, 5.74) is 1.50. The van der Waals surface area contributed by atoms with E-state index >= 15 is 0 Å². The van der Waals surface area contributed by atoms with Crippen LogP contribution in [0.1, 0.15) is 42.9 Å². The standard InChI is InChI=1S/C14H23N3O2/c1-10(2)6-12-7-13(16-15-12)14(19)17-5-3-4-11(8-17)9-18/h7,10-11,18H,3-6,8-9H2,1-2H3,(H,15,16). The number of likely N-dealkylation sites (tertiary alicyclic amines) is 1. The number of rotatable bonds is 4. The molecule has 1 aromatic heterocycles. The van der Waals surface area contributed by atoms with E-state index in [4.69, 9.17) is 0 Å². The highest BCUT2D eigenvalue weighted by molar-refractivity contribution is 5.92. The van der Waals surface area contributed by atoms with Crippen LogP contribution in [0.4, 0.5) is 0 Å². The van der Waals surface area contributed by atoms with E-state index in [1.807, 2.05) is 6.07 Å². The Morgan fingerprint density at radius 2 is 2.42 bits per heavy atom. The number of amides is 1. The molecule has 0 saturated carbocycles. The van der Waals surface area contributed by atoms with Crippen LogP contribution in [0.3, 0.4) is 0 Å². The molecule has 0 spiro atoms. The molecule has 5 nitrogen and oxygen atoms in total. The van der Waals surface area contributed by atoms with E-state index < -0.39 is 0 Å². The molecule has 106 valence electrons. The molecule has 5 heteroatoms. The number of carbonyl (C=O) groups is 1. The number of hydrogen-bond donors (Lipinski definition) is 2. The Kier molecular flexibility index (Phi) is 4.58. The van der Waals surface area contributed by atoms with Crippen LogP contribution in [-0.2, 0) is 6.42 Å². The number of nitrogens with zero attached hydrogens (tertiary/aromatic N) is 2. The summed E-state index contributed by atoms with van der Waals surface area (Å²) >= 11 is 0. The molecule has 2 heterocycles. The SMILES string of the molecule is CC(C)Cc1cc(C(=O)N2CCCC(CO)C2)n[nH]1. The molecule has 2 N–H and O–H groups in total. The molecule has 1 aromatic rings. The minimum Gasteiger partial charge on any atom is -0.396 e.